The summed E-state index contributed by atoms with van der Waals surface area (Å²) < 4.78 is 36.9. The van der Waals surface area contributed by atoms with E-state index in [1.54, 1.807) is 0 Å². The van der Waals surface area contributed by atoms with Gasteiger partial charge in [-0.3, -0.25) is 9.59 Å². The summed E-state index contributed by atoms with van der Waals surface area (Å²) in [5.41, 5.74) is 1.58. The lowest BCUT2D eigenvalue weighted by Gasteiger charge is -2.09. The van der Waals surface area contributed by atoms with E-state index in [-0.39, 0.29) is 24.0 Å². The molecular formula is C19H22N2O6S. The van der Waals surface area contributed by atoms with Crippen LogP contribution in [0.4, 0.5) is 5.69 Å². The predicted octanol–water partition coefficient (Wildman–Crippen LogP) is 1.85. The van der Waals surface area contributed by atoms with Gasteiger partial charge in [-0.25, -0.2) is 8.42 Å². The number of anilines is 1. The van der Waals surface area contributed by atoms with Crippen LogP contribution in [0.25, 0.3) is 0 Å². The Kier molecular flexibility index (Phi) is 7.53. The molecule has 8 nitrogen and oxygen atoms in total. The number of aryl methyl sites for hydroxylation is 1. The molecule has 0 aromatic heterocycles. The van der Waals surface area contributed by atoms with Crippen molar-refractivity contribution in [2.24, 2.45) is 0 Å². The van der Waals surface area contributed by atoms with E-state index in [1.807, 2.05) is 31.2 Å². The van der Waals surface area contributed by atoms with Gasteiger partial charge < -0.3 is 14.8 Å². The molecule has 2 N–H and O–H groups in total. The Balaban J connectivity index is 1.74. The van der Waals surface area contributed by atoms with E-state index >= 15 is 0 Å². The second-order valence-corrected chi connectivity index (χ2v) is 7.68. The van der Waals surface area contributed by atoms with E-state index in [2.05, 4.69) is 10.0 Å². The molecule has 0 atom stereocenters. The van der Waals surface area contributed by atoms with Crippen LogP contribution in [0.1, 0.15) is 12.5 Å². The second kappa shape index (κ2) is 9.86. The molecule has 0 unspecified atom stereocenters. The third-order valence-electron chi connectivity index (χ3n) is 3.53. The SMILES string of the molecule is CC(=O)Nc1ccc(S(=O)(=O)NCC(=O)OCCOc2ccc(C)cc2)cc1. The highest BCUT2D eigenvalue weighted by Crippen LogP contribution is 2.14. The highest BCUT2D eigenvalue weighted by Gasteiger charge is 2.16. The fourth-order valence-corrected chi connectivity index (χ4v) is 3.13. The normalized spacial score (nSPS) is 10.9. The van der Waals surface area contributed by atoms with Crippen LogP contribution in [0.2, 0.25) is 0 Å². The molecule has 0 aliphatic carbocycles. The maximum absolute atomic E-state index is 12.2. The van der Waals surface area contributed by atoms with Gasteiger partial charge in [-0.15, -0.1) is 0 Å². The maximum Gasteiger partial charge on any atom is 0.321 e. The molecule has 0 aliphatic heterocycles. The number of hydrogen-bond donors (Lipinski definition) is 2. The van der Waals surface area contributed by atoms with E-state index < -0.39 is 22.5 Å². The molecule has 0 saturated heterocycles. The Hall–Kier alpha value is -2.91. The van der Waals surface area contributed by atoms with Gasteiger partial charge in [0.05, 0.1) is 4.90 Å². The monoisotopic (exact) mass is 406 g/mol. The molecule has 0 radical (unpaired) electrons. The van der Waals surface area contributed by atoms with Gasteiger partial charge in [0.2, 0.25) is 15.9 Å². The summed E-state index contributed by atoms with van der Waals surface area (Å²) in [7, 11) is -3.87. The van der Waals surface area contributed by atoms with Crippen LogP contribution in [0.15, 0.2) is 53.4 Å². The van der Waals surface area contributed by atoms with Crippen LogP contribution in [-0.4, -0.2) is 40.1 Å². The summed E-state index contributed by atoms with van der Waals surface area (Å²) in [5, 5.41) is 2.54. The van der Waals surface area contributed by atoms with Crippen LogP contribution >= 0.6 is 0 Å². The lowest BCUT2D eigenvalue weighted by Crippen LogP contribution is -2.31. The average molecular weight is 406 g/mol. The molecule has 0 heterocycles. The van der Waals surface area contributed by atoms with Crippen LogP contribution in [0, 0.1) is 6.92 Å². The van der Waals surface area contributed by atoms with Gasteiger partial charge in [-0.1, -0.05) is 17.7 Å². The minimum Gasteiger partial charge on any atom is -0.490 e. The molecule has 0 spiro atoms. The summed E-state index contributed by atoms with van der Waals surface area (Å²) in [5.74, 6) is -0.321. The smallest absolute Gasteiger partial charge is 0.321 e. The summed E-state index contributed by atoms with van der Waals surface area (Å²) in [6.07, 6.45) is 0. The first-order chi connectivity index (χ1) is 13.3. The van der Waals surface area contributed by atoms with Crippen molar-refractivity contribution >= 4 is 27.6 Å². The number of nitrogens with one attached hydrogen (secondary N) is 2. The highest BCUT2D eigenvalue weighted by atomic mass is 32.2. The number of carbonyl (C=O) groups is 2. The Morgan fingerprint density at radius 3 is 2.21 bits per heavy atom. The average Bonchev–Trinajstić information content (AvgIpc) is 2.65. The minimum absolute atomic E-state index is 0.000149. The molecule has 0 fully saturated rings. The lowest BCUT2D eigenvalue weighted by molar-refractivity contribution is -0.142. The molecule has 1 amide bonds. The summed E-state index contributed by atoms with van der Waals surface area (Å²) in [6, 6.07) is 13.0. The molecule has 0 bridgehead atoms. The van der Waals surface area contributed by atoms with Gasteiger partial charge in [0.15, 0.2) is 0 Å². The van der Waals surface area contributed by atoms with Gasteiger partial charge in [0.25, 0.3) is 0 Å². The van der Waals surface area contributed by atoms with E-state index in [1.165, 1.54) is 31.2 Å². The van der Waals surface area contributed by atoms with Crippen molar-refractivity contribution in [1.82, 2.24) is 4.72 Å². The standard InChI is InChI=1S/C19H22N2O6S/c1-14-3-7-17(8-4-14)26-11-12-27-19(23)13-20-28(24,25)18-9-5-16(6-10-18)21-15(2)22/h3-10,20H,11-13H2,1-2H3,(H,21,22). The minimum atomic E-state index is -3.87. The van der Waals surface area contributed by atoms with Gasteiger partial charge in [0, 0.05) is 12.6 Å². The Morgan fingerprint density at radius 2 is 1.61 bits per heavy atom. The zero-order chi connectivity index (χ0) is 20.6. The summed E-state index contributed by atoms with van der Waals surface area (Å²) in [4.78, 5) is 22.6. The maximum atomic E-state index is 12.2. The Morgan fingerprint density at radius 1 is 0.964 bits per heavy atom. The number of amides is 1. The van der Waals surface area contributed by atoms with Gasteiger partial charge in [-0.2, -0.15) is 4.72 Å². The Bertz CT molecular complexity index is 908. The first-order valence-electron chi connectivity index (χ1n) is 8.49. The topological polar surface area (TPSA) is 111 Å². The quantitative estimate of drug-likeness (QED) is 0.486. The molecule has 2 aromatic rings. The molecule has 2 aromatic carbocycles. The molecule has 2 rings (SSSR count). The zero-order valence-electron chi connectivity index (χ0n) is 15.6. The molecule has 150 valence electrons. The molecular weight excluding hydrogens is 384 g/mol. The number of rotatable bonds is 9. The van der Waals surface area contributed by atoms with Crippen LogP contribution in [0.5, 0.6) is 5.75 Å². The third kappa shape index (κ3) is 7.01. The van der Waals surface area contributed by atoms with E-state index in [0.29, 0.717) is 11.4 Å². The van der Waals surface area contributed by atoms with Gasteiger partial charge in [0.1, 0.15) is 25.5 Å². The number of hydrogen-bond acceptors (Lipinski definition) is 6. The second-order valence-electron chi connectivity index (χ2n) is 5.91. The van der Waals surface area contributed by atoms with Crippen molar-refractivity contribution in [3.05, 3.63) is 54.1 Å². The van der Waals surface area contributed by atoms with E-state index in [4.69, 9.17) is 9.47 Å². The number of ether oxygens (including phenoxy) is 2. The highest BCUT2D eigenvalue weighted by molar-refractivity contribution is 7.89. The fraction of sp³-hybridized carbons (Fsp3) is 0.263. The van der Waals surface area contributed by atoms with Crippen molar-refractivity contribution < 1.29 is 27.5 Å². The van der Waals surface area contributed by atoms with Crippen molar-refractivity contribution in [3.63, 3.8) is 0 Å². The van der Waals surface area contributed by atoms with Crippen molar-refractivity contribution in [3.8, 4) is 5.75 Å². The summed E-state index contributed by atoms with van der Waals surface area (Å²) in [6.45, 7) is 2.97. The predicted molar refractivity (Wildman–Crippen MR) is 104 cm³/mol. The zero-order valence-corrected chi connectivity index (χ0v) is 16.4. The van der Waals surface area contributed by atoms with Crippen molar-refractivity contribution in [2.75, 3.05) is 25.1 Å². The fourth-order valence-electron chi connectivity index (χ4n) is 2.16. The van der Waals surface area contributed by atoms with Crippen molar-refractivity contribution in [2.45, 2.75) is 18.7 Å². The van der Waals surface area contributed by atoms with Gasteiger partial charge in [-0.05, 0) is 43.3 Å². The van der Waals surface area contributed by atoms with Crippen LogP contribution < -0.4 is 14.8 Å². The van der Waals surface area contributed by atoms with Crippen LogP contribution in [0.3, 0.4) is 0 Å². The first kappa shape index (κ1) is 21.4. The van der Waals surface area contributed by atoms with E-state index in [0.717, 1.165) is 5.56 Å². The number of esters is 1. The lowest BCUT2D eigenvalue weighted by atomic mass is 10.2. The molecule has 28 heavy (non-hydrogen) atoms. The Labute approximate surface area is 163 Å². The van der Waals surface area contributed by atoms with Crippen LogP contribution in [-0.2, 0) is 24.3 Å². The summed E-state index contributed by atoms with van der Waals surface area (Å²) >= 11 is 0. The first-order valence-corrected chi connectivity index (χ1v) is 9.97. The molecule has 9 heteroatoms. The number of sulfonamides is 1. The number of benzene rings is 2. The van der Waals surface area contributed by atoms with E-state index in [9.17, 15) is 18.0 Å². The molecule has 0 saturated carbocycles. The third-order valence-corrected chi connectivity index (χ3v) is 4.94. The number of carbonyl (C=O) groups excluding carboxylic acids is 2. The molecule has 0 aliphatic rings. The largest absolute Gasteiger partial charge is 0.490 e. The van der Waals surface area contributed by atoms with Gasteiger partial charge >= 0.3 is 5.97 Å². The van der Waals surface area contributed by atoms with Crippen molar-refractivity contribution in [1.29, 1.82) is 0 Å².